The van der Waals surface area contributed by atoms with E-state index in [1.807, 2.05) is 26.0 Å². The van der Waals surface area contributed by atoms with E-state index in [2.05, 4.69) is 21.0 Å². The van der Waals surface area contributed by atoms with Crippen molar-refractivity contribution in [3.8, 4) is 0 Å². The predicted molar refractivity (Wildman–Crippen MR) is 79.2 cm³/mol. The van der Waals surface area contributed by atoms with Gasteiger partial charge in [-0.2, -0.15) is 5.10 Å². The van der Waals surface area contributed by atoms with Gasteiger partial charge in [0.15, 0.2) is 5.78 Å². The second-order valence-electron chi connectivity index (χ2n) is 4.72. The molecule has 0 amide bonds. The molecule has 0 radical (unpaired) electrons. The number of carbonyl (C=O) groups is 1. The fraction of sp³-hybridized carbons (Fsp3) is 0.286. The van der Waals surface area contributed by atoms with E-state index in [0.29, 0.717) is 17.8 Å². The molecule has 0 aliphatic rings. The third-order valence-electron chi connectivity index (χ3n) is 2.85. The van der Waals surface area contributed by atoms with Crippen molar-refractivity contribution in [2.75, 3.05) is 5.73 Å². The van der Waals surface area contributed by atoms with E-state index in [9.17, 15) is 4.79 Å². The lowest BCUT2D eigenvalue weighted by Crippen LogP contribution is -2.14. The summed E-state index contributed by atoms with van der Waals surface area (Å²) in [5.41, 5.74) is 7.90. The van der Waals surface area contributed by atoms with E-state index in [-0.39, 0.29) is 11.8 Å². The topological polar surface area (TPSA) is 60.9 Å². The Balaban J connectivity index is 2.25. The highest BCUT2D eigenvalue weighted by Crippen LogP contribution is 2.21. The lowest BCUT2D eigenvalue weighted by molar-refractivity contribution is 0.0980. The van der Waals surface area contributed by atoms with Crippen molar-refractivity contribution in [3.63, 3.8) is 0 Å². The van der Waals surface area contributed by atoms with Gasteiger partial charge in [-0.1, -0.05) is 12.1 Å². The van der Waals surface area contributed by atoms with Crippen LogP contribution in [0.15, 0.2) is 34.9 Å². The van der Waals surface area contributed by atoms with Crippen molar-refractivity contribution in [1.82, 2.24) is 9.78 Å². The summed E-state index contributed by atoms with van der Waals surface area (Å²) in [4.78, 5) is 12.4. The summed E-state index contributed by atoms with van der Waals surface area (Å²) in [7, 11) is 0. The number of rotatable bonds is 4. The first kappa shape index (κ1) is 13.8. The smallest absolute Gasteiger partial charge is 0.186 e. The number of nitrogen functional groups attached to an aromatic ring is 1. The Labute approximate surface area is 120 Å². The molecule has 0 saturated heterocycles. The van der Waals surface area contributed by atoms with Gasteiger partial charge in [-0.05, 0) is 47.5 Å². The number of carbonyl (C=O) groups excluding carboxylic acids is 1. The van der Waals surface area contributed by atoms with Crippen LogP contribution in [-0.2, 0) is 6.42 Å². The molecule has 100 valence electrons. The largest absolute Gasteiger partial charge is 0.399 e. The van der Waals surface area contributed by atoms with Crippen molar-refractivity contribution in [2.24, 2.45) is 0 Å². The molecule has 2 rings (SSSR count). The molecule has 0 fully saturated rings. The minimum Gasteiger partial charge on any atom is -0.399 e. The van der Waals surface area contributed by atoms with Crippen molar-refractivity contribution in [2.45, 2.75) is 26.3 Å². The van der Waals surface area contributed by atoms with Crippen molar-refractivity contribution >= 4 is 27.4 Å². The van der Waals surface area contributed by atoms with Crippen LogP contribution >= 0.6 is 15.9 Å². The van der Waals surface area contributed by atoms with E-state index in [0.717, 1.165) is 10.0 Å². The quantitative estimate of drug-likeness (QED) is 0.694. The average molecular weight is 322 g/mol. The van der Waals surface area contributed by atoms with Crippen molar-refractivity contribution in [3.05, 3.63) is 46.2 Å². The maximum atomic E-state index is 12.4. The monoisotopic (exact) mass is 321 g/mol. The van der Waals surface area contributed by atoms with Gasteiger partial charge in [0.05, 0.1) is 10.7 Å². The lowest BCUT2D eigenvalue weighted by atomic mass is 10.1. The number of nitrogens with zero attached hydrogens (tertiary/aromatic N) is 2. The van der Waals surface area contributed by atoms with Gasteiger partial charge in [-0.25, -0.2) is 0 Å². The minimum absolute atomic E-state index is 0.0443. The van der Waals surface area contributed by atoms with Crippen molar-refractivity contribution < 1.29 is 4.79 Å². The summed E-state index contributed by atoms with van der Waals surface area (Å²) < 4.78 is 2.48. The number of aromatic nitrogens is 2. The van der Waals surface area contributed by atoms with Gasteiger partial charge in [0.1, 0.15) is 5.69 Å². The molecule has 1 heterocycles. The third-order valence-corrected chi connectivity index (χ3v) is 3.43. The van der Waals surface area contributed by atoms with Gasteiger partial charge < -0.3 is 5.73 Å². The standard InChI is InChI=1S/C14H16BrN3O/c1-9(2)18-14(12(15)8-17-18)13(19)7-10-3-5-11(16)6-4-10/h3-6,8-9H,7,16H2,1-2H3. The summed E-state index contributed by atoms with van der Waals surface area (Å²) in [6.07, 6.45) is 2.01. The zero-order chi connectivity index (χ0) is 14.0. The lowest BCUT2D eigenvalue weighted by Gasteiger charge is -2.10. The van der Waals surface area contributed by atoms with Crippen LogP contribution in [0.2, 0.25) is 0 Å². The van der Waals surface area contributed by atoms with Gasteiger partial charge in [0.25, 0.3) is 0 Å². The summed E-state index contributed by atoms with van der Waals surface area (Å²) in [6.45, 7) is 4.00. The zero-order valence-corrected chi connectivity index (χ0v) is 12.5. The molecule has 1 aromatic carbocycles. The fourth-order valence-corrected chi connectivity index (χ4v) is 2.39. The summed E-state index contributed by atoms with van der Waals surface area (Å²) >= 11 is 3.39. The number of hydrogen-bond donors (Lipinski definition) is 1. The normalized spacial score (nSPS) is 10.9. The molecule has 0 saturated carbocycles. The first-order valence-electron chi connectivity index (χ1n) is 6.09. The molecule has 5 heteroatoms. The molecule has 0 aliphatic heterocycles. The third kappa shape index (κ3) is 3.04. The molecule has 19 heavy (non-hydrogen) atoms. The number of benzene rings is 1. The van der Waals surface area contributed by atoms with Gasteiger partial charge >= 0.3 is 0 Å². The van der Waals surface area contributed by atoms with Crippen molar-refractivity contribution in [1.29, 1.82) is 0 Å². The molecule has 1 aromatic heterocycles. The molecule has 0 spiro atoms. The Morgan fingerprint density at radius 2 is 2.00 bits per heavy atom. The maximum absolute atomic E-state index is 12.4. The Morgan fingerprint density at radius 1 is 1.37 bits per heavy atom. The predicted octanol–water partition coefficient (Wildman–Crippen LogP) is 3.23. The molecule has 0 atom stereocenters. The second kappa shape index (κ2) is 5.57. The van der Waals surface area contributed by atoms with Crippen LogP contribution in [0.25, 0.3) is 0 Å². The first-order chi connectivity index (χ1) is 8.99. The van der Waals surface area contributed by atoms with Gasteiger partial charge in [0, 0.05) is 18.2 Å². The Hall–Kier alpha value is -1.62. The summed E-state index contributed by atoms with van der Waals surface area (Å²) in [5, 5.41) is 4.22. The molecular formula is C14H16BrN3O. The van der Waals surface area contributed by atoms with Crippen LogP contribution in [-0.4, -0.2) is 15.6 Å². The van der Waals surface area contributed by atoms with E-state index in [4.69, 9.17) is 5.73 Å². The highest BCUT2D eigenvalue weighted by atomic mass is 79.9. The van der Waals surface area contributed by atoms with Crippen LogP contribution < -0.4 is 5.73 Å². The summed E-state index contributed by atoms with van der Waals surface area (Å²) in [5.74, 6) is 0.0443. The highest BCUT2D eigenvalue weighted by Gasteiger charge is 2.18. The number of Topliss-reactive ketones (excluding diaryl/α,β-unsaturated/α-hetero) is 1. The van der Waals surface area contributed by atoms with Crippen LogP contribution in [0.5, 0.6) is 0 Å². The Morgan fingerprint density at radius 3 is 2.58 bits per heavy atom. The van der Waals surface area contributed by atoms with E-state index in [1.54, 1.807) is 23.0 Å². The van der Waals surface area contributed by atoms with Crippen LogP contribution in [0.1, 0.15) is 35.9 Å². The Bertz CT molecular complexity index is 587. The van der Waals surface area contributed by atoms with E-state index in [1.165, 1.54) is 0 Å². The molecule has 0 unspecified atom stereocenters. The number of halogens is 1. The number of hydrogen-bond acceptors (Lipinski definition) is 3. The van der Waals surface area contributed by atoms with E-state index >= 15 is 0 Å². The highest BCUT2D eigenvalue weighted by molar-refractivity contribution is 9.10. The minimum atomic E-state index is 0.0443. The average Bonchev–Trinajstić information content (AvgIpc) is 2.74. The number of ketones is 1. The number of anilines is 1. The molecule has 2 aromatic rings. The van der Waals surface area contributed by atoms with Crippen LogP contribution in [0, 0.1) is 0 Å². The zero-order valence-electron chi connectivity index (χ0n) is 10.9. The molecule has 2 N–H and O–H groups in total. The summed E-state index contributed by atoms with van der Waals surface area (Å²) in [6, 6.07) is 7.50. The second-order valence-corrected chi connectivity index (χ2v) is 5.58. The van der Waals surface area contributed by atoms with Gasteiger partial charge in [-0.15, -0.1) is 0 Å². The Kier molecular flexibility index (Phi) is 4.04. The maximum Gasteiger partial charge on any atom is 0.186 e. The van der Waals surface area contributed by atoms with Crippen LogP contribution in [0.3, 0.4) is 0 Å². The molecule has 4 nitrogen and oxygen atoms in total. The fourth-order valence-electron chi connectivity index (χ4n) is 1.90. The van der Waals surface area contributed by atoms with E-state index < -0.39 is 0 Å². The first-order valence-corrected chi connectivity index (χ1v) is 6.89. The van der Waals surface area contributed by atoms with Crippen LogP contribution in [0.4, 0.5) is 5.69 Å². The van der Waals surface area contributed by atoms with Gasteiger partial charge in [0.2, 0.25) is 0 Å². The SMILES string of the molecule is CC(C)n1ncc(Br)c1C(=O)Cc1ccc(N)cc1. The number of nitrogens with two attached hydrogens (primary N) is 1. The van der Waals surface area contributed by atoms with Gasteiger partial charge in [-0.3, -0.25) is 9.48 Å². The molecule has 0 aliphatic carbocycles. The molecule has 0 bridgehead atoms. The molecular weight excluding hydrogens is 306 g/mol.